The normalized spacial score (nSPS) is 20.1. The Morgan fingerprint density at radius 1 is 1.29 bits per heavy atom. The number of halogens is 1. The third kappa shape index (κ3) is 2.13. The molecule has 3 nitrogen and oxygen atoms in total. The molecule has 0 radical (unpaired) electrons. The fraction of sp³-hybridized carbons (Fsp3) is 0.692. The predicted octanol–water partition coefficient (Wildman–Crippen LogP) is 2.73. The van der Waals surface area contributed by atoms with Crippen LogP contribution in [0, 0.1) is 11.7 Å². The van der Waals surface area contributed by atoms with Crippen molar-refractivity contribution in [2.45, 2.75) is 38.0 Å². The molecule has 0 amide bonds. The van der Waals surface area contributed by atoms with Crippen LogP contribution in [0.15, 0.2) is 6.33 Å². The van der Waals surface area contributed by atoms with E-state index in [0.717, 1.165) is 25.3 Å². The maximum atomic E-state index is 14.2. The zero-order valence-electron chi connectivity index (χ0n) is 10.2. The van der Waals surface area contributed by atoms with Gasteiger partial charge in [-0.05, 0) is 31.6 Å². The average molecular weight is 235 g/mol. The highest BCUT2D eigenvalue weighted by atomic mass is 19.1. The lowest BCUT2D eigenvalue weighted by atomic mass is 9.85. The Kier molecular flexibility index (Phi) is 2.73. The van der Waals surface area contributed by atoms with Gasteiger partial charge in [0.15, 0.2) is 11.6 Å². The van der Waals surface area contributed by atoms with Crippen LogP contribution in [0.4, 0.5) is 10.2 Å². The van der Waals surface area contributed by atoms with Crippen molar-refractivity contribution in [3.05, 3.63) is 17.8 Å². The number of rotatable bonds is 4. The van der Waals surface area contributed by atoms with Crippen molar-refractivity contribution in [3.8, 4) is 0 Å². The zero-order chi connectivity index (χ0) is 11.8. The lowest BCUT2D eigenvalue weighted by Gasteiger charge is -2.30. The number of aromatic nitrogens is 2. The summed E-state index contributed by atoms with van der Waals surface area (Å²) < 4.78 is 14.2. The summed E-state index contributed by atoms with van der Waals surface area (Å²) in [7, 11) is 1.93. The van der Waals surface area contributed by atoms with Gasteiger partial charge in [-0.1, -0.05) is 6.42 Å². The second-order valence-corrected chi connectivity index (χ2v) is 5.35. The third-order valence-corrected chi connectivity index (χ3v) is 3.88. The quantitative estimate of drug-likeness (QED) is 0.803. The molecule has 1 heterocycles. The Morgan fingerprint density at radius 2 is 2.06 bits per heavy atom. The fourth-order valence-electron chi connectivity index (χ4n) is 2.43. The van der Waals surface area contributed by atoms with Gasteiger partial charge < -0.3 is 4.90 Å². The van der Waals surface area contributed by atoms with Crippen molar-refractivity contribution in [1.82, 2.24) is 9.97 Å². The molecule has 2 saturated carbocycles. The molecule has 0 spiro atoms. The second-order valence-electron chi connectivity index (χ2n) is 5.35. The average Bonchev–Trinajstić information content (AvgIpc) is 3.07. The van der Waals surface area contributed by atoms with Gasteiger partial charge in [0, 0.05) is 19.5 Å². The van der Waals surface area contributed by atoms with Crippen LogP contribution in [0.1, 0.15) is 43.7 Å². The van der Waals surface area contributed by atoms with Crippen LogP contribution in [-0.4, -0.2) is 23.6 Å². The molecule has 1 aromatic rings. The smallest absolute Gasteiger partial charge is 0.187 e. The molecule has 2 aliphatic carbocycles. The highest BCUT2D eigenvalue weighted by molar-refractivity contribution is 5.41. The summed E-state index contributed by atoms with van der Waals surface area (Å²) >= 11 is 0. The van der Waals surface area contributed by atoms with Crippen molar-refractivity contribution >= 4 is 5.82 Å². The molecular weight excluding hydrogens is 217 g/mol. The highest BCUT2D eigenvalue weighted by Gasteiger charge is 2.30. The molecule has 3 rings (SSSR count). The molecule has 17 heavy (non-hydrogen) atoms. The maximum absolute atomic E-state index is 14.2. The molecule has 0 unspecified atom stereocenters. The van der Waals surface area contributed by atoms with Crippen LogP contribution in [0.5, 0.6) is 0 Å². The van der Waals surface area contributed by atoms with Crippen molar-refractivity contribution in [2.75, 3.05) is 18.5 Å². The lowest BCUT2D eigenvalue weighted by Crippen LogP contribution is -2.30. The van der Waals surface area contributed by atoms with Gasteiger partial charge in [-0.25, -0.2) is 14.4 Å². The molecule has 2 fully saturated rings. The molecule has 0 N–H and O–H groups in total. The molecule has 0 aliphatic heterocycles. The van der Waals surface area contributed by atoms with Crippen molar-refractivity contribution in [1.29, 1.82) is 0 Å². The first-order valence-corrected chi connectivity index (χ1v) is 6.47. The summed E-state index contributed by atoms with van der Waals surface area (Å²) in [6.07, 6.45) is 7.50. The zero-order valence-corrected chi connectivity index (χ0v) is 10.2. The van der Waals surface area contributed by atoms with Gasteiger partial charge in [0.2, 0.25) is 0 Å². The number of hydrogen-bond donors (Lipinski definition) is 0. The fourth-order valence-corrected chi connectivity index (χ4v) is 2.43. The molecule has 0 atom stereocenters. The van der Waals surface area contributed by atoms with E-state index in [2.05, 4.69) is 9.97 Å². The SMILES string of the molecule is CN(CC1CCC1)c1ncnc(C2CC2)c1F. The van der Waals surface area contributed by atoms with Gasteiger partial charge >= 0.3 is 0 Å². The minimum atomic E-state index is -0.197. The summed E-state index contributed by atoms with van der Waals surface area (Å²) in [4.78, 5) is 10.1. The first-order chi connectivity index (χ1) is 8.25. The van der Waals surface area contributed by atoms with Crippen LogP contribution < -0.4 is 4.90 Å². The van der Waals surface area contributed by atoms with E-state index in [1.54, 1.807) is 0 Å². The van der Waals surface area contributed by atoms with Crippen LogP contribution >= 0.6 is 0 Å². The van der Waals surface area contributed by atoms with Gasteiger partial charge in [-0.3, -0.25) is 0 Å². The van der Waals surface area contributed by atoms with Gasteiger partial charge in [0.05, 0.1) is 5.69 Å². The minimum absolute atomic E-state index is 0.197. The number of nitrogens with zero attached hydrogens (tertiary/aromatic N) is 3. The lowest BCUT2D eigenvalue weighted by molar-refractivity contribution is 0.320. The number of anilines is 1. The first kappa shape index (κ1) is 10.9. The van der Waals surface area contributed by atoms with Gasteiger partial charge in [0.1, 0.15) is 6.33 Å². The summed E-state index contributed by atoms with van der Waals surface area (Å²) in [5.41, 5.74) is 0.621. The van der Waals surface area contributed by atoms with E-state index in [1.807, 2.05) is 11.9 Å². The number of hydrogen-bond acceptors (Lipinski definition) is 3. The van der Waals surface area contributed by atoms with E-state index in [9.17, 15) is 4.39 Å². The van der Waals surface area contributed by atoms with Crippen molar-refractivity contribution < 1.29 is 4.39 Å². The topological polar surface area (TPSA) is 29.0 Å². The monoisotopic (exact) mass is 235 g/mol. The Hall–Kier alpha value is -1.19. The molecule has 0 aromatic carbocycles. The Balaban J connectivity index is 1.78. The Bertz CT molecular complexity index is 413. The van der Waals surface area contributed by atoms with Crippen LogP contribution in [0.2, 0.25) is 0 Å². The van der Waals surface area contributed by atoms with Crippen LogP contribution in [0.25, 0.3) is 0 Å². The van der Waals surface area contributed by atoms with Crippen LogP contribution in [-0.2, 0) is 0 Å². The van der Waals surface area contributed by atoms with E-state index in [4.69, 9.17) is 0 Å². The van der Waals surface area contributed by atoms with E-state index in [1.165, 1.54) is 25.6 Å². The Morgan fingerprint density at radius 3 is 2.65 bits per heavy atom. The molecule has 1 aromatic heterocycles. The summed E-state index contributed by atoms with van der Waals surface area (Å²) in [5, 5.41) is 0. The van der Waals surface area contributed by atoms with Crippen molar-refractivity contribution in [2.24, 2.45) is 5.92 Å². The van der Waals surface area contributed by atoms with Crippen molar-refractivity contribution in [3.63, 3.8) is 0 Å². The largest absolute Gasteiger partial charge is 0.357 e. The third-order valence-electron chi connectivity index (χ3n) is 3.88. The molecular formula is C13H18FN3. The molecule has 0 saturated heterocycles. The van der Waals surface area contributed by atoms with Gasteiger partial charge in [-0.2, -0.15) is 0 Å². The summed E-state index contributed by atoms with van der Waals surface area (Å²) in [6.45, 7) is 0.915. The van der Waals surface area contributed by atoms with E-state index >= 15 is 0 Å². The second kappa shape index (κ2) is 4.24. The van der Waals surface area contributed by atoms with E-state index < -0.39 is 0 Å². The molecule has 0 bridgehead atoms. The minimum Gasteiger partial charge on any atom is -0.357 e. The molecule has 92 valence electrons. The standard InChI is InChI=1S/C13H18FN3/c1-17(7-9-3-2-4-9)13-11(14)12(10-5-6-10)15-8-16-13/h8-10H,2-7H2,1H3. The van der Waals surface area contributed by atoms with E-state index in [-0.39, 0.29) is 5.82 Å². The van der Waals surface area contributed by atoms with E-state index in [0.29, 0.717) is 17.4 Å². The maximum Gasteiger partial charge on any atom is 0.187 e. The first-order valence-electron chi connectivity index (χ1n) is 6.47. The summed E-state index contributed by atoms with van der Waals surface area (Å²) in [6, 6.07) is 0. The Labute approximate surface area is 101 Å². The summed E-state index contributed by atoms with van der Waals surface area (Å²) in [5.74, 6) is 1.35. The van der Waals surface area contributed by atoms with Gasteiger partial charge in [-0.15, -0.1) is 0 Å². The molecule has 4 heteroatoms. The highest BCUT2D eigenvalue weighted by Crippen LogP contribution is 2.41. The van der Waals surface area contributed by atoms with Gasteiger partial charge in [0.25, 0.3) is 0 Å². The molecule has 2 aliphatic rings. The van der Waals surface area contributed by atoms with Crippen LogP contribution in [0.3, 0.4) is 0 Å². The predicted molar refractivity (Wildman–Crippen MR) is 64.6 cm³/mol.